The van der Waals surface area contributed by atoms with Gasteiger partial charge >= 0.3 is 5.69 Å². The molecule has 0 radical (unpaired) electrons. The first-order valence-electron chi connectivity index (χ1n) is 6.68. The summed E-state index contributed by atoms with van der Waals surface area (Å²) in [5, 5.41) is 10.5. The number of aromatic hydroxyl groups is 1. The standard InChI is InChI=1S/C16H12F2N2O2S/c1-19-15(23-13-9-5-3-7-11(13)18)14(21)20(16(19)22)12-8-4-2-6-10(12)17/h2-9,21H,1H3. The molecule has 0 bridgehead atoms. The van der Waals surface area contributed by atoms with Crippen molar-refractivity contribution in [1.29, 1.82) is 0 Å². The molecule has 0 atom stereocenters. The van der Waals surface area contributed by atoms with E-state index in [1.807, 2.05) is 0 Å². The van der Waals surface area contributed by atoms with Crippen molar-refractivity contribution in [3.05, 3.63) is 70.6 Å². The van der Waals surface area contributed by atoms with E-state index in [1.165, 1.54) is 37.4 Å². The van der Waals surface area contributed by atoms with Crippen LogP contribution in [0.2, 0.25) is 0 Å². The van der Waals surface area contributed by atoms with Crippen LogP contribution in [0.5, 0.6) is 5.88 Å². The highest BCUT2D eigenvalue weighted by Gasteiger charge is 2.22. The number of benzene rings is 2. The maximum Gasteiger partial charge on any atom is 0.336 e. The normalized spacial score (nSPS) is 10.9. The Labute approximate surface area is 134 Å². The first-order chi connectivity index (χ1) is 11.0. The molecular formula is C16H12F2N2O2S. The maximum atomic E-state index is 13.9. The summed E-state index contributed by atoms with van der Waals surface area (Å²) in [4.78, 5) is 12.6. The van der Waals surface area contributed by atoms with Gasteiger partial charge in [-0.15, -0.1) is 0 Å². The summed E-state index contributed by atoms with van der Waals surface area (Å²) in [6.07, 6.45) is 0. The fourth-order valence-electron chi connectivity index (χ4n) is 2.17. The molecule has 118 valence electrons. The van der Waals surface area contributed by atoms with E-state index in [0.717, 1.165) is 20.9 Å². The van der Waals surface area contributed by atoms with E-state index in [1.54, 1.807) is 18.2 Å². The van der Waals surface area contributed by atoms with Gasteiger partial charge in [0.1, 0.15) is 16.7 Å². The summed E-state index contributed by atoms with van der Waals surface area (Å²) in [5.74, 6) is -1.54. The second kappa shape index (κ2) is 5.92. The molecule has 1 N–H and O–H groups in total. The smallest absolute Gasteiger partial charge is 0.336 e. The van der Waals surface area contributed by atoms with Crippen molar-refractivity contribution < 1.29 is 13.9 Å². The minimum atomic E-state index is -0.641. The highest BCUT2D eigenvalue weighted by Crippen LogP contribution is 2.35. The van der Waals surface area contributed by atoms with Crippen molar-refractivity contribution in [3.63, 3.8) is 0 Å². The van der Waals surface area contributed by atoms with Crippen LogP contribution in [-0.4, -0.2) is 14.2 Å². The Balaban J connectivity index is 2.15. The zero-order valence-electron chi connectivity index (χ0n) is 12.0. The quantitative estimate of drug-likeness (QED) is 0.799. The van der Waals surface area contributed by atoms with E-state index in [4.69, 9.17) is 0 Å². The van der Waals surface area contributed by atoms with Gasteiger partial charge in [-0.3, -0.25) is 4.57 Å². The predicted molar refractivity (Wildman–Crippen MR) is 83.2 cm³/mol. The van der Waals surface area contributed by atoms with Crippen LogP contribution in [0.1, 0.15) is 0 Å². The van der Waals surface area contributed by atoms with Crippen molar-refractivity contribution in [2.75, 3.05) is 0 Å². The number of halogens is 2. The SMILES string of the molecule is Cn1c(Sc2ccccc2F)c(O)n(-c2ccccc2F)c1=O. The van der Waals surface area contributed by atoms with Gasteiger partial charge in [0.2, 0.25) is 5.88 Å². The summed E-state index contributed by atoms with van der Waals surface area (Å²) in [6, 6.07) is 11.6. The summed E-state index contributed by atoms with van der Waals surface area (Å²) in [6.45, 7) is 0. The number of rotatable bonds is 3. The molecule has 0 aliphatic carbocycles. The van der Waals surface area contributed by atoms with Crippen molar-refractivity contribution >= 4 is 11.8 Å². The molecule has 0 amide bonds. The Morgan fingerprint density at radius 2 is 1.61 bits per heavy atom. The van der Waals surface area contributed by atoms with Crippen LogP contribution in [0.15, 0.2) is 63.2 Å². The summed E-state index contributed by atoms with van der Waals surface area (Å²) in [7, 11) is 1.43. The average molecular weight is 334 g/mol. The molecule has 3 rings (SSSR count). The van der Waals surface area contributed by atoms with Gasteiger partial charge in [0.15, 0.2) is 0 Å². The van der Waals surface area contributed by atoms with E-state index in [9.17, 15) is 18.7 Å². The Morgan fingerprint density at radius 3 is 2.26 bits per heavy atom. The van der Waals surface area contributed by atoms with E-state index in [-0.39, 0.29) is 15.6 Å². The molecule has 0 saturated heterocycles. The third-order valence-electron chi connectivity index (χ3n) is 3.32. The number of hydrogen-bond acceptors (Lipinski definition) is 3. The van der Waals surface area contributed by atoms with Gasteiger partial charge in [-0.2, -0.15) is 0 Å². The molecule has 3 aromatic rings. The molecule has 7 heteroatoms. The number of para-hydroxylation sites is 1. The number of imidazole rings is 1. The Kier molecular flexibility index (Phi) is 3.96. The molecular weight excluding hydrogens is 322 g/mol. The van der Waals surface area contributed by atoms with Crippen molar-refractivity contribution in [1.82, 2.24) is 9.13 Å². The monoisotopic (exact) mass is 334 g/mol. The van der Waals surface area contributed by atoms with Gasteiger partial charge in [-0.05, 0) is 24.3 Å². The Bertz CT molecular complexity index is 934. The zero-order chi connectivity index (χ0) is 16.6. The van der Waals surface area contributed by atoms with Crippen molar-refractivity contribution in [2.45, 2.75) is 9.92 Å². The van der Waals surface area contributed by atoms with Crippen LogP contribution >= 0.6 is 11.8 Å². The predicted octanol–water partition coefficient (Wildman–Crippen LogP) is 3.31. The fourth-order valence-corrected chi connectivity index (χ4v) is 3.09. The van der Waals surface area contributed by atoms with Gasteiger partial charge in [-0.25, -0.2) is 18.1 Å². The zero-order valence-corrected chi connectivity index (χ0v) is 12.8. The van der Waals surface area contributed by atoms with Crippen LogP contribution in [0.4, 0.5) is 8.78 Å². The molecule has 4 nitrogen and oxygen atoms in total. The lowest BCUT2D eigenvalue weighted by Crippen LogP contribution is -2.21. The van der Waals surface area contributed by atoms with Crippen LogP contribution in [0, 0.1) is 11.6 Å². The third kappa shape index (κ3) is 2.63. The van der Waals surface area contributed by atoms with Gasteiger partial charge in [-0.1, -0.05) is 36.0 Å². The van der Waals surface area contributed by atoms with Gasteiger partial charge in [0, 0.05) is 11.9 Å². The molecule has 0 unspecified atom stereocenters. The van der Waals surface area contributed by atoms with Crippen molar-refractivity contribution in [3.8, 4) is 11.6 Å². The van der Waals surface area contributed by atoms with Crippen LogP contribution in [0.3, 0.4) is 0 Å². The van der Waals surface area contributed by atoms with Crippen molar-refractivity contribution in [2.24, 2.45) is 7.05 Å². The lowest BCUT2D eigenvalue weighted by molar-refractivity contribution is 0.424. The van der Waals surface area contributed by atoms with E-state index < -0.39 is 23.2 Å². The lowest BCUT2D eigenvalue weighted by Gasteiger charge is -2.05. The summed E-state index contributed by atoms with van der Waals surface area (Å²) < 4.78 is 29.7. The molecule has 2 aromatic carbocycles. The second-order valence-electron chi connectivity index (χ2n) is 4.79. The van der Waals surface area contributed by atoms with Crippen LogP contribution < -0.4 is 5.69 Å². The molecule has 0 aliphatic heterocycles. The highest BCUT2D eigenvalue weighted by atomic mass is 32.2. The molecule has 0 fully saturated rings. The number of aromatic nitrogens is 2. The van der Waals surface area contributed by atoms with E-state index in [2.05, 4.69) is 0 Å². The van der Waals surface area contributed by atoms with E-state index in [0.29, 0.717) is 0 Å². The van der Waals surface area contributed by atoms with Gasteiger partial charge < -0.3 is 5.11 Å². The average Bonchev–Trinajstić information content (AvgIpc) is 2.74. The minimum absolute atomic E-state index is 0.0639. The molecule has 0 aliphatic rings. The molecule has 1 heterocycles. The lowest BCUT2D eigenvalue weighted by atomic mass is 10.3. The topological polar surface area (TPSA) is 47.2 Å². The molecule has 1 aromatic heterocycles. The Morgan fingerprint density at radius 1 is 1.00 bits per heavy atom. The largest absolute Gasteiger partial charge is 0.492 e. The minimum Gasteiger partial charge on any atom is -0.492 e. The molecule has 0 saturated carbocycles. The highest BCUT2D eigenvalue weighted by molar-refractivity contribution is 7.99. The summed E-state index contributed by atoms with van der Waals surface area (Å²) >= 11 is 0.898. The van der Waals surface area contributed by atoms with Gasteiger partial charge in [0.25, 0.3) is 0 Å². The first-order valence-corrected chi connectivity index (χ1v) is 7.50. The van der Waals surface area contributed by atoms with Crippen LogP contribution in [-0.2, 0) is 7.05 Å². The second-order valence-corrected chi connectivity index (χ2v) is 5.82. The Hall–Kier alpha value is -2.54. The molecule has 0 spiro atoms. The van der Waals surface area contributed by atoms with Gasteiger partial charge in [0.05, 0.1) is 5.69 Å². The fraction of sp³-hybridized carbons (Fsp3) is 0.0625. The maximum absolute atomic E-state index is 13.9. The first kappa shape index (κ1) is 15.4. The van der Waals surface area contributed by atoms with Crippen LogP contribution in [0.25, 0.3) is 5.69 Å². The summed E-state index contributed by atoms with van der Waals surface area (Å²) in [5.41, 5.74) is -0.683. The third-order valence-corrected chi connectivity index (χ3v) is 4.52. The molecule has 23 heavy (non-hydrogen) atoms. The van der Waals surface area contributed by atoms with E-state index >= 15 is 0 Å². The number of hydrogen-bond donors (Lipinski definition) is 1. The number of nitrogens with zero attached hydrogens (tertiary/aromatic N) is 2.